The van der Waals surface area contributed by atoms with Crippen LogP contribution in [0.3, 0.4) is 0 Å². The Kier molecular flexibility index (Phi) is 6.17. The second-order valence-electron chi connectivity index (χ2n) is 6.92. The van der Waals surface area contributed by atoms with Crippen LogP contribution in [0.4, 0.5) is 14.5 Å². The third-order valence-corrected chi connectivity index (χ3v) is 6.78. The van der Waals surface area contributed by atoms with Gasteiger partial charge in [-0.2, -0.15) is 0 Å². The molecule has 0 fully saturated rings. The van der Waals surface area contributed by atoms with Crippen molar-refractivity contribution in [2.45, 2.75) is 24.5 Å². The van der Waals surface area contributed by atoms with E-state index in [1.807, 2.05) is 12.1 Å². The van der Waals surface area contributed by atoms with Gasteiger partial charge in [-0.25, -0.2) is 8.78 Å². The van der Waals surface area contributed by atoms with Gasteiger partial charge in [-0.3, -0.25) is 4.99 Å². The normalized spacial score (nSPS) is 22.3. The summed E-state index contributed by atoms with van der Waals surface area (Å²) in [5.41, 5.74) is 8.18. The van der Waals surface area contributed by atoms with Crippen LogP contribution in [0.15, 0.2) is 47.5 Å². The van der Waals surface area contributed by atoms with Gasteiger partial charge in [-0.1, -0.05) is 30.0 Å². The number of nitrogens with zero attached hydrogens (tertiary/aromatic N) is 1. The summed E-state index contributed by atoms with van der Waals surface area (Å²) >= 11 is 1.51. The molecule has 0 radical (unpaired) electrons. The van der Waals surface area contributed by atoms with E-state index in [-0.39, 0.29) is 16.2 Å². The maximum Gasteiger partial charge on any atom is 0.133 e. The quantitative estimate of drug-likeness (QED) is 0.572. The molecule has 3 nitrogen and oxygen atoms in total. The molecule has 2 aromatic carbocycles. The minimum absolute atomic E-state index is 0.206. The number of anilines is 1. The Morgan fingerprint density at radius 2 is 2.07 bits per heavy atom. The molecule has 0 spiro atoms. The fourth-order valence-electron chi connectivity index (χ4n) is 3.68. The lowest BCUT2D eigenvalue weighted by molar-refractivity contribution is 0.382. The lowest BCUT2D eigenvalue weighted by Crippen LogP contribution is -2.40. The van der Waals surface area contributed by atoms with E-state index in [4.69, 9.17) is 5.73 Å². The first-order valence-corrected chi connectivity index (χ1v) is 9.96. The molecule has 0 bridgehead atoms. The van der Waals surface area contributed by atoms with Crippen LogP contribution in [-0.4, -0.2) is 25.2 Å². The molecule has 3 rings (SSSR count). The monoisotopic (exact) mass is 389 g/mol. The van der Waals surface area contributed by atoms with Crippen molar-refractivity contribution in [3.8, 4) is 0 Å². The second kappa shape index (κ2) is 8.40. The van der Waals surface area contributed by atoms with E-state index in [1.54, 1.807) is 7.05 Å². The van der Waals surface area contributed by atoms with Crippen molar-refractivity contribution in [3.63, 3.8) is 0 Å². The standard InChI is InChI=1S/C21H25F2N3S/c1-21(27-20(25-2)16-12-15(22)9-10-18(16)23)14(6-5-11-24)13-26-19-8-4-3-7-17(19)21/h3-4,7-10,12,14,26H,5-6,11,13,24H2,1-2H3/t14-,21-/m0/s1. The average molecular weight is 390 g/mol. The zero-order valence-electron chi connectivity index (χ0n) is 15.6. The van der Waals surface area contributed by atoms with Gasteiger partial charge >= 0.3 is 0 Å². The molecule has 0 aromatic heterocycles. The molecule has 3 N–H and O–H groups in total. The summed E-state index contributed by atoms with van der Waals surface area (Å²) in [7, 11) is 1.62. The van der Waals surface area contributed by atoms with Crippen LogP contribution in [0.25, 0.3) is 0 Å². The number of para-hydroxylation sites is 1. The van der Waals surface area contributed by atoms with Gasteiger partial charge in [0.15, 0.2) is 0 Å². The lowest BCUT2D eigenvalue weighted by Gasteiger charge is -2.43. The highest BCUT2D eigenvalue weighted by Crippen LogP contribution is 2.51. The van der Waals surface area contributed by atoms with E-state index in [2.05, 4.69) is 29.4 Å². The summed E-state index contributed by atoms with van der Waals surface area (Å²) < 4.78 is 27.8. The highest BCUT2D eigenvalue weighted by molar-refractivity contribution is 8.15. The van der Waals surface area contributed by atoms with Crippen molar-refractivity contribution in [2.75, 3.05) is 25.5 Å². The number of benzene rings is 2. The van der Waals surface area contributed by atoms with Crippen molar-refractivity contribution in [1.29, 1.82) is 0 Å². The number of aliphatic imine (C=N–C) groups is 1. The topological polar surface area (TPSA) is 50.4 Å². The van der Waals surface area contributed by atoms with Gasteiger partial charge in [0.1, 0.15) is 16.7 Å². The Bertz CT molecular complexity index is 840. The number of hydrogen-bond acceptors (Lipinski definition) is 4. The number of fused-ring (bicyclic) bond motifs is 1. The van der Waals surface area contributed by atoms with Crippen molar-refractivity contribution in [1.82, 2.24) is 0 Å². The van der Waals surface area contributed by atoms with Gasteiger partial charge in [0.2, 0.25) is 0 Å². The molecule has 2 aromatic rings. The molecule has 0 amide bonds. The van der Waals surface area contributed by atoms with Gasteiger partial charge in [0.25, 0.3) is 0 Å². The number of nitrogens with one attached hydrogen (secondary N) is 1. The number of nitrogens with two attached hydrogens (primary N) is 1. The Morgan fingerprint density at radius 3 is 2.81 bits per heavy atom. The molecule has 1 heterocycles. The van der Waals surface area contributed by atoms with E-state index in [1.165, 1.54) is 17.8 Å². The number of hydrogen-bond donors (Lipinski definition) is 2. The molecule has 2 atom stereocenters. The van der Waals surface area contributed by atoms with Gasteiger partial charge in [-0.05, 0) is 62.1 Å². The minimum Gasteiger partial charge on any atom is -0.384 e. The summed E-state index contributed by atoms with van der Waals surface area (Å²) in [6, 6.07) is 11.7. The molecule has 1 aliphatic heterocycles. The first-order chi connectivity index (χ1) is 13.0. The summed E-state index contributed by atoms with van der Waals surface area (Å²) in [5.74, 6) is -0.646. The molecule has 144 valence electrons. The van der Waals surface area contributed by atoms with Crippen molar-refractivity contribution < 1.29 is 8.78 Å². The smallest absolute Gasteiger partial charge is 0.133 e. The van der Waals surface area contributed by atoms with Crippen LogP contribution in [-0.2, 0) is 4.75 Å². The van der Waals surface area contributed by atoms with Crippen LogP contribution >= 0.6 is 11.8 Å². The summed E-state index contributed by atoms with van der Waals surface area (Å²) in [6.07, 6.45) is 1.86. The lowest BCUT2D eigenvalue weighted by atomic mass is 9.80. The molecule has 6 heteroatoms. The maximum atomic E-state index is 14.4. The Labute approximate surface area is 163 Å². The SMILES string of the molecule is CN=C(S[C@]1(C)c2ccccc2NC[C@@H]1CCCN)c1cc(F)ccc1F. The highest BCUT2D eigenvalue weighted by atomic mass is 32.2. The first-order valence-electron chi connectivity index (χ1n) is 9.14. The molecule has 0 aliphatic carbocycles. The molecule has 27 heavy (non-hydrogen) atoms. The predicted molar refractivity (Wildman–Crippen MR) is 110 cm³/mol. The average Bonchev–Trinajstić information content (AvgIpc) is 2.68. The zero-order valence-corrected chi connectivity index (χ0v) is 16.5. The molecular weight excluding hydrogens is 364 g/mol. The Hall–Kier alpha value is -1.92. The first kappa shape index (κ1) is 19.8. The fraction of sp³-hybridized carbons (Fsp3) is 0.381. The van der Waals surface area contributed by atoms with E-state index < -0.39 is 11.6 Å². The van der Waals surface area contributed by atoms with Crippen LogP contribution in [0.1, 0.15) is 30.9 Å². The molecule has 0 saturated heterocycles. The molecule has 1 aliphatic rings. The largest absolute Gasteiger partial charge is 0.384 e. The van der Waals surface area contributed by atoms with E-state index in [0.717, 1.165) is 42.8 Å². The predicted octanol–water partition coefficient (Wildman–Crippen LogP) is 4.77. The number of halogens is 2. The number of rotatable bonds is 5. The summed E-state index contributed by atoms with van der Waals surface area (Å²) in [4.78, 5) is 4.32. The van der Waals surface area contributed by atoms with Gasteiger partial charge in [0, 0.05) is 24.8 Å². The fourth-order valence-corrected chi connectivity index (χ4v) is 5.10. The van der Waals surface area contributed by atoms with Gasteiger partial charge in [-0.15, -0.1) is 0 Å². The summed E-state index contributed by atoms with van der Waals surface area (Å²) in [6.45, 7) is 3.61. The zero-order chi connectivity index (χ0) is 19.4. The Morgan fingerprint density at radius 1 is 1.30 bits per heavy atom. The van der Waals surface area contributed by atoms with E-state index >= 15 is 0 Å². The third-order valence-electron chi connectivity index (χ3n) is 5.21. The van der Waals surface area contributed by atoms with Crippen LogP contribution in [0.2, 0.25) is 0 Å². The van der Waals surface area contributed by atoms with Crippen molar-refractivity contribution >= 4 is 22.5 Å². The second-order valence-corrected chi connectivity index (χ2v) is 8.36. The minimum atomic E-state index is -0.469. The van der Waals surface area contributed by atoms with Crippen molar-refractivity contribution in [3.05, 3.63) is 65.2 Å². The molecule has 0 saturated carbocycles. The van der Waals surface area contributed by atoms with E-state index in [9.17, 15) is 8.78 Å². The highest BCUT2D eigenvalue weighted by Gasteiger charge is 2.42. The number of thioether (sulfide) groups is 1. The molecular formula is C21H25F2N3S. The van der Waals surface area contributed by atoms with Gasteiger partial charge in [0.05, 0.1) is 4.75 Å². The van der Waals surface area contributed by atoms with Crippen LogP contribution < -0.4 is 11.1 Å². The van der Waals surface area contributed by atoms with Crippen molar-refractivity contribution in [2.24, 2.45) is 16.6 Å². The van der Waals surface area contributed by atoms with Gasteiger partial charge < -0.3 is 11.1 Å². The van der Waals surface area contributed by atoms with Crippen LogP contribution in [0.5, 0.6) is 0 Å². The Balaban J connectivity index is 2.02. The third kappa shape index (κ3) is 4.01. The summed E-state index contributed by atoms with van der Waals surface area (Å²) in [5, 5.41) is 4.00. The molecule has 0 unspecified atom stereocenters. The van der Waals surface area contributed by atoms with Crippen LogP contribution in [0, 0.1) is 17.6 Å². The van der Waals surface area contributed by atoms with E-state index in [0.29, 0.717) is 11.6 Å². The maximum absolute atomic E-state index is 14.4.